The number of carbonyl (C=O) groups excluding carboxylic acids is 1. The van der Waals surface area contributed by atoms with Gasteiger partial charge in [0.1, 0.15) is 11.6 Å². The number of nitrogens with zero attached hydrogens (tertiary/aromatic N) is 3. The molecule has 0 bridgehead atoms. The van der Waals surface area contributed by atoms with Crippen LogP contribution in [0.5, 0.6) is 5.75 Å². The van der Waals surface area contributed by atoms with Crippen LogP contribution in [0.25, 0.3) is 11.0 Å². The Balaban J connectivity index is 1.45. The number of H-pyrrole nitrogens is 1. The van der Waals surface area contributed by atoms with Crippen molar-refractivity contribution in [2.24, 2.45) is 0 Å². The van der Waals surface area contributed by atoms with Crippen LogP contribution in [0.2, 0.25) is 0 Å². The average Bonchev–Trinajstić information content (AvgIpc) is 3.32. The lowest BCUT2D eigenvalue weighted by Crippen LogP contribution is -2.34. The predicted octanol–water partition coefficient (Wildman–Crippen LogP) is 3.18. The number of carbonyl (C=O) groups is 1. The number of aromatic amines is 1. The summed E-state index contributed by atoms with van der Waals surface area (Å²) in [6.07, 6.45) is 1.84. The van der Waals surface area contributed by atoms with Crippen LogP contribution in [0.4, 0.5) is 0 Å². The summed E-state index contributed by atoms with van der Waals surface area (Å²) in [5.74, 6) is 1.35. The lowest BCUT2D eigenvalue weighted by molar-refractivity contribution is -0.134. The molecule has 1 N–H and O–H groups in total. The molecule has 1 aromatic heterocycles. The van der Waals surface area contributed by atoms with E-state index in [9.17, 15) is 4.79 Å². The summed E-state index contributed by atoms with van der Waals surface area (Å²) >= 11 is 0. The van der Waals surface area contributed by atoms with E-state index >= 15 is 0 Å². The van der Waals surface area contributed by atoms with Gasteiger partial charge in [0.15, 0.2) is 6.61 Å². The van der Waals surface area contributed by atoms with Crippen LogP contribution >= 0.6 is 0 Å². The van der Waals surface area contributed by atoms with Crippen molar-refractivity contribution in [2.75, 3.05) is 13.2 Å². The second-order valence-corrected chi connectivity index (χ2v) is 6.31. The number of hydrogen-bond acceptors (Lipinski definition) is 4. The number of imidazole rings is 1. The van der Waals surface area contributed by atoms with Crippen LogP contribution in [-0.4, -0.2) is 33.9 Å². The van der Waals surface area contributed by atoms with Crippen molar-refractivity contribution in [1.29, 1.82) is 5.26 Å². The van der Waals surface area contributed by atoms with Crippen LogP contribution in [0.3, 0.4) is 0 Å². The molecule has 6 heteroatoms. The van der Waals surface area contributed by atoms with E-state index in [-0.39, 0.29) is 18.6 Å². The van der Waals surface area contributed by atoms with E-state index in [0.29, 0.717) is 17.9 Å². The highest BCUT2D eigenvalue weighted by Crippen LogP contribution is 2.31. The zero-order valence-electron chi connectivity index (χ0n) is 14.2. The van der Waals surface area contributed by atoms with Crippen molar-refractivity contribution >= 4 is 16.9 Å². The first-order valence-corrected chi connectivity index (χ1v) is 8.61. The van der Waals surface area contributed by atoms with Crippen LogP contribution in [0, 0.1) is 11.3 Å². The van der Waals surface area contributed by atoms with E-state index in [1.54, 1.807) is 24.3 Å². The summed E-state index contributed by atoms with van der Waals surface area (Å²) in [4.78, 5) is 22.5. The Bertz CT molecular complexity index is 938. The number of para-hydroxylation sites is 2. The summed E-state index contributed by atoms with van der Waals surface area (Å²) in [7, 11) is 0. The number of rotatable bonds is 4. The highest BCUT2D eigenvalue weighted by Gasteiger charge is 2.32. The summed E-state index contributed by atoms with van der Waals surface area (Å²) < 4.78 is 5.59. The molecule has 4 rings (SSSR count). The zero-order chi connectivity index (χ0) is 17.9. The first kappa shape index (κ1) is 16.2. The molecule has 1 atom stereocenters. The average molecular weight is 346 g/mol. The Hall–Kier alpha value is -3.33. The van der Waals surface area contributed by atoms with Crippen LogP contribution in [0.1, 0.15) is 30.3 Å². The minimum absolute atomic E-state index is 0.0252. The number of nitriles is 1. The van der Waals surface area contributed by atoms with Crippen LogP contribution in [0.15, 0.2) is 48.5 Å². The molecule has 6 nitrogen and oxygen atoms in total. The molecule has 0 spiro atoms. The van der Waals surface area contributed by atoms with Crippen molar-refractivity contribution in [2.45, 2.75) is 18.9 Å². The standard InChI is InChI=1S/C20H18N4O2/c21-12-14-7-9-15(10-8-14)26-13-19(25)24-11-3-6-18(24)20-22-16-4-1-2-5-17(16)23-20/h1-2,4-5,7-10,18H,3,6,11,13H2,(H,22,23)/t18-/m1/s1. The Labute approximate surface area is 151 Å². The van der Waals surface area contributed by atoms with E-state index < -0.39 is 0 Å². The molecule has 0 radical (unpaired) electrons. The van der Waals surface area contributed by atoms with Gasteiger partial charge in [-0.25, -0.2) is 4.98 Å². The Morgan fingerprint density at radius 1 is 1.27 bits per heavy atom. The molecule has 2 heterocycles. The van der Waals surface area contributed by atoms with Gasteiger partial charge in [-0.2, -0.15) is 5.26 Å². The smallest absolute Gasteiger partial charge is 0.261 e. The molecule has 1 amide bonds. The molecule has 0 unspecified atom stereocenters. The SMILES string of the molecule is N#Cc1ccc(OCC(=O)N2CCC[C@@H]2c2nc3ccccc3[nH]2)cc1. The number of amides is 1. The van der Waals surface area contributed by atoms with Gasteiger partial charge in [-0.3, -0.25) is 4.79 Å². The topological polar surface area (TPSA) is 82.0 Å². The lowest BCUT2D eigenvalue weighted by Gasteiger charge is -2.23. The van der Waals surface area contributed by atoms with Crippen molar-refractivity contribution in [3.63, 3.8) is 0 Å². The van der Waals surface area contributed by atoms with Gasteiger partial charge in [0.25, 0.3) is 5.91 Å². The van der Waals surface area contributed by atoms with E-state index in [2.05, 4.69) is 16.0 Å². The number of ether oxygens (including phenoxy) is 1. The van der Waals surface area contributed by atoms with Gasteiger partial charge in [0.2, 0.25) is 0 Å². The van der Waals surface area contributed by atoms with Crippen molar-refractivity contribution < 1.29 is 9.53 Å². The highest BCUT2D eigenvalue weighted by atomic mass is 16.5. The van der Waals surface area contributed by atoms with Crippen LogP contribution in [-0.2, 0) is 4.79 Å². The monoisotopic (exact) mass is 346 g/mol. The number of hydrogen-bond donors (Lipinski definition) is 1. The Morgan fingerprint density at radius 2 is 2.08 bits per heavy atom. The fourth-order valence-electron chi connectivity index (χ4n) is 3.33. The van der Waals surface area contributed by atoms with E-state index in [4.69, 9.17) is 10.00 Å². The number of nitrogens with one attached hydrogen (secondary N) is 1. The van der Waals surface area contributed by atoms with Crippen molar-refractivity contribution in [1.82, 2.24) is 14.9 Å². The first-order valence-electron chi connectivity index (χ1n) is 8.61. The van der Waals surface area contributed by atoms with Crippen LogP contribution < -0.4 is 4.74 Å². The quantitative estimate of drug-likeness (QED) is 0.786. The molecule has 0 saturated carbocycles. The number of aromatic nitrogens is 2. The number of fused-ring (bicyclic) bond motifs is 1. The minimum atomic E-state index is -0.0580. The van der Waals surface area contributed by atoms with E-state index in [1.807, 2.05) is 29.2 Å². The third kappa shape index (κ3) is 3.11. The molecule has 130 valence electrons. The molecule has 0 aliphatic carbocycles. The van der Waals surface area contributed by atoms with Gasteiger partial charge in [-0.05, 0) is 49.2 Å². The highest BCUT2D eigenvalue weighted by molar-refractivity contribution is 5.79. The molecule has 1 saturated heterocycles. The van der Waals surface area contributed by atoms with E-state index in [0.717, 1.165) is 29.7 Å². The van der Waals surface area contributed by atoms with E-state index in [1.165, 1.54) is 0 Å². The summed E-state index contributed by atoms with van der Waals surface area (Å²) in [5.41, 5.74) is 2.46. The molecule has 1 fully saturated rings. The first-order chi connectivity index (χ1) is 12.7. The van der Waals surface area contributed by atoms with Crippen molar-refractivity contribution in [3.05, 3.63) is 59.9 Å². The third-order valence-electron chi connectivity index (χ3n) is 4.64. The number of benzene rings is 2. The molecular weight excluding hydrogens is 328 g/mol. The summed E-state index contributed by atoms with van der Waals surface area (Å²) in [5, 5.41) is 8.82. The fourth-order valence-corrected chi connectivity index (χ4v) is 3.33. The normalized spacial score (nSPS) is 16.6. The number of likely N-dealkylation sites (tertiary alicyclic amines) is 1. The Morgan fingerprint density at radius 3 is 2.85 bits per heavy atom. The molecule has 1 aliphatic heterocycles. The maximum atomic E-state index is 12.6. The third-order valence-corrected chi connectivity index (χ3v) is 4.64. The molecular formula is C20H18N4O2. The maximum absolute atomic E-state index is 12.6. The molecule has 3 aromatic rings. The van der Waals surface area contributed by atoms with Gasteiger partial charge >= 0.3 is 0 Å². The van der Waals surface area contributed by atoms with Gasteiger partial charge in [0.05, 0.1) is 28.7 Å². The van der Waals surface area contributed by atoms with Gasteiger partial charge in [-0.1, -0.05) is 12.1 Å². The summed E-state index contributed by atoms with van der Waals surface area (Å²) in [6, 6.07) is 16.6. The van der Waals surface area contributed by atoms with Crippen molar-refractivity contribution in [3.8, 4) is 11.8 Å². The second kappa shape index (κ2) is 6.89. The Kier molecular flexibility index (Phi) is 4.28. The lowest BCUT2D eigenvalue weighted by atomic mass is 10.2. The zero-order valence-corrected chi connectivity index (χ0v) is 14.2. The fraction of sp³-hybridized carbons (Fsp3) is 0.250. The molecule has 26 heavy (non-hydrogen) atoms. The summed E-state index contributed by atoms with van der Waals surface area (Å²) in [6.45, 7) is 0.680. The minimum Gasteiger partial charge on any atom is -0.484 e. The molecule has 2 aromatic carbocycles. The van der Waals surface area contributed by atoms with Gasteiger partial charge < -0.3 is 14.6 Å². The second-order valence-electron chi connectivity index (χ2n) is 6.31. The predicted molar refractivity (Wildman–Crippen MR) is 96.4 cm³/mol. The molecule has 1 aliphatic rings. The maximum Gasteiger partial charge on any atom is 0.261 e. The van der Waals surface area contributed by atoms with Gasteiger partial charge in [-0.15, -0.1) is 0 Å². The van der Waals surface area contributed by atoms with Gasteiger partial charge in [0, 0.05) is 6.54 Å². The largest absolute Gasteiger partial charge is 0.484 e.